The molecule has 3 rings (SSSR count). The third-order valence-electron chi connectivity index (χ3n) is 3.26. The molecule has 0 saturated heterocycles. The number of benzene rings is 2. The molecular weight excluding hydrogens is 290 g/mol. The second-order valence-corrected chi connectivity index (χ2v) is 4.93. The average Bonchev–Trinajstić information content (AvgIpc) is 3.01. The summed E-state index contributed by atoms with van der Waals surface area (Å²) in [7, 11) is 0. The molecule has 1 amide bonds. The minimum Gasteiger partial charge on any atom is -0.454 e. The smallest absolute Gasteiger partial charge is 0.251 e. The van der Waals surface area contributed by atoms with Crippen molar-refractivity contribution in [1.82, 2.24) is 5.32 Å². The molecule has 0 fully saturated rings. The van der Waals surface area contributed by atoms with Crippen LogP contribution in [0.25, 0.3) is 0 Å². The SMILES string of the molecule is O=C(NCc1cccc2c1OCO2)c1cccc(CCl)c1. The second-order valence-electron chi connectivity index (χ2n) is 4.67. The molecule has 0 spiro atoms. The number of halogens is 1. The normalized spacial score (nSPS) is 12.2. The molecule has 0 saturated carbocycles. The molecule has 21 heavy (non-hydrogen) atoms. The van der Waals surface area contributed by atoms with Crippen LogP contribution >= 0.6 is 11.6 Å². The molecule has 0 aliphatic carbocycles. The topological polar surface area (TPSA) is 47.6 Å². The van der Waals surface area contributed by atoms with Crippen molar-refractivity contribution in [3.63, 3.8) is 0 Å². The predicted molar refractivity (Wildman–Crippen MR) is 79.7 cm³/mol. The highest BCUT2D eigenvalue weighted by atomic mass is 35.5. The van der Waals surface area contributed by atoms with Gasteiger partial charge in [0.1, 0.15) is 0 Å². The number of carbonyl (C=O) groups is 1. The quantitative estimate of drug-likeness (QED) is 0.883. The highest BCUT2D eigenvalue weighted by Crippen LogP contribution is 2.35. The van der Waals surface area contributed by atoms with Crippen LogP contribution in [0.5, 0.6) is 11.5 Å². The summed E-state index contributed by atoms with van der Waals surface area (Å²) in [6.07, 6.45) is 0. The first-order valence-corrected chi connectivity index (χ1v) is 7.12. The first kappa shape index (κ1) is 13.8. The number of nitrogens with one attached hydrogen (secondary N) is 1. The van der Waals surface area contributed by atoms with Crippen molar-refractivity contribution in [2.45, 2.75) is 12.4 Å². The van der Waals surface area contributed by atoms with Gasteiger partial charge in [-0.25, -0.2) is 0 Å². The summed E-state index contributed by atoms with van der Waals surface area (Å²) in [6, 6.07) is 12.9. The Balaban J connectivity index is 1.70. The van der Waals surface area contributed by atoms with Gasteiger partial charge in [0, 0.05) is 23.6 Å². The zero-order chi connectivity index (χ0) is 14.7. The fraction of sp³-hybridized carbons (Fsp3) is 0.188. The van der Waals surface area contributed by atoms with Crippen LogP contribution < -0.4 is 14.8 Å². The predicted octanol–water partition coefficient (Wildman–Crippen LogP) is 3.08. The number of carbonyl (C=O) groups excluding carboxylic acids is 1. The standard InChI is InChI=1S/C16H14ClNO3/c17-8-11-3-1-4-12(7-11)16(19)18-9-13-5-2-6-14-15(13)21-10-20-14/h1-7H,8-10H2,(H,18,19). The van der Waals surface area contributed by atoms with E-state index in [4.69, 9.17) is 21.1 Å². The molecule has 1 aliphatic heterocycles. The lowest BCUT2D eigenvalue weighted by atomic mass is 10.1. The highest BCUT2D eigenvalue weighted by Gasteiger charge is 2.17. The first-order chi connectivity index (χ1) is 10.3. The molecule has 2 aromatic carbocycles. The number of ether oxygens (including phenoxy) is 2. The van der Waals surface area contributed by atoms with Crippen LogP contribution in [0.1, 0.15) is 21.5 Å². The largest absolute Gasteiger partial charge is 0.454 e. The van der Waals surface area contributed by atoms with Crippen LogP contribution in [-0.2, 0) is 12.4 Å². The number of fused-ring (bicyclic) bond motifs is 1. The molecule has 4 nitrogen and oxygen atoms in total. The molecule has 0 radical (unpaired) electrons. The third kappa shape index (κ3) is 2.95. The van der Waals surface area contributed by atoms with Crippen LogP contribution in [-0.4, -0.2) is 12.7 Å². The lowest BCUT2D eigenvalue weighted by Crippen LogP contribution is -2.23. The minimum atomic E-state index is -0.140. The summed E-state index contributed by atoms with van der Waals surface area (Å²) in [5, 5.41) is 2.88. The molecule has 0 aromatic heterocycles. The number of rotatable bonds is 4. The molecule has 1 aliphatic rings. The molecular formula is C16H14ClNO3. The van der Waals surface area contributed by atoms with Crippen LogP contribution in [0.4, 0.5) is 0 Å². The van der Waals surface area contributed by atoms with Crippen molar-refractivity contribution in [1.29, 1.82) is 0 Å². The van der Waals surface area contributed by atoms with Gasteiger partial charge in [0.15, 0.2) is 11.5 Å². The van der Waals surface area contributed by atoms with Gasteiger partial charge in [-0.1, -0.05) is 24.3 Å². The number of hydrogen-bond donors (Lipinski definition) is 1. The molecule has 108 valence electrons. The van der Waals surface area contributed by atoms with Crippen molar-refractivity contribution in [3.05, 3.63) is 59.2 Å². The first-order valence-electron chi connectivity index (χ1n) is 6.58. The molecule has 1 heterocycles. The Bertz CT molecular complexity index is 672. The number of amides is 1. The number of para-hydroxylation sites is 1. The zero-order valence-electron chi connectivity index (χ0n) is 11.3. The Morgan fingerprint density at radius 1 is 1.19 bits per heavy atom. The van der Waals surface area contributed by atoms with Crippen molar-refractivity contribution in [2.75, 3.05) is 6.79 Å². The zero-order valence-corrected chi connectivity index (χ0v) is 12.0. The van der Waals surface area contributed by atoms with Gasteiger partial charge >= 0.3 is 0 Å². The Labute approximate surface area is 127 Å². The van der Waals surface area contributed by atoms with Crippen LogP contribution in [0, 0.1) is 0 Å². The minimum absolute atomic E-state index is 0.140. The number of alkyl halides is 1. The van der Waals surface area contributed by atoms with E-state index in [1.165, 1.54) is 0 Å². The van der Waals surface area contributed by atoms with Gasteiger partial charge < -0.3 is 14.8 Å². The van der Waals surface area contributed by atoms with Crippen molar-refractivity contribution in [3.8, 4) is 11.5 Å². The van der Waals surface area contributed by atoms with E-state index in [-0.39, 0.29) is 12.7 Å². The third-order valence-corrected chi connectivity index (χ3v) is 3.57. The van der Waals surface area contributed by atoms with Crippen molar-refractivity contribution >= 4 is 17.5 Å². The monoisotopic (exact) mass is 303 g/mol. The summed E-state index contributed by atoms with van der Waals surface area (Å²) in [4.78, 5) is 12.2. The fourth-order valence-electron chi connectivity index (χ4n) is 2.20. The highest BCUT2D eigenvalue weighted by molar-refractivity contribution is 6.17. The maximum atomic E-state index is 12.2. The second kappa shape index (κ2) is 6.06. The Hall–Kier alpha value is -2.20. The van der Waals surface area contributed by atoms with E-state index in [9.17, 15) is 4.79 Å². The van der Waals surface area contributed by atoms with Gasteiger partial charge in [-0.05, 0) is 23.8 Å². The molecule has 1 N–H and O–H groups in total. The van der Waals surface area contributed by atoms with Crippen LogP contribution in [0.15, 0.2) is 42.5 Å². The maximum Gasteiger partial charge on any atom is 0.251 e. The van der Waals surface area contributed by atoms with E-state index in [0.29, 0.717) is 29.5 Å². The summed E-state index contributed by atoms with van der Waals surface area (Å²) in [5.74, 6) is 1.66. The van der Waals surface area contributed by atoms with Gasteiger partial charge in [0.25, 0.3) is 5.91 Å². The van der Waals surface area contributed by atoms with E-state index in [2.05, 4.69) is 5.32 Å². The van der Waals surface area contributed by atoms with Crippen LogP contribution in [0.3, 0.4) is 0 Å². The van der Waals surface area contributed by atoms with Gasteiger partial charge in [0.2, 0.25) is 6.79 Å². The van der Waals surface area contributed by atoms with Crippen LogP contribution in [0.2, 0.25) is 0 Å². The van der Waals surface area contributed by atoms with E-state index in [0.717, 1.165) is 11.1 Å². The van der Waals surface area contributed by atoms with E-state index in [1.807, 2.05) is 30.3 Å². The van der Waals surface area contributed by atoms with E-state index in [1.54, 1.807) is 12.1 Å². The molecule has 0 bridgehead atoms. The summed E-state index contributed by atoms with van der Waals surface area (Å²) < 4.78 is 10.7. The van der Waals surface area contributed by atoms with Gasteiger partial charge in [-0.2, -0.15) is 0 Å². The lowest BCUT2D eigenvalue weighted by Gasteiger charge is -2.08. The van der Waals surface area contributed by atoms with Gasteiger partial charge in [0.05, 0.1) is 0 Å². The van der Waals surface area contributed by atoms with E-state index >= 15 is 0 Å². The molecule has 5 heteroatoms. The average molecular weight is 304 g/mol. The van der Waals surface area contributed by atoms with Crippen molar-refractivity contribution < 1.29 is 14.3 Å². The summed E-state index contributed by atoms with van der Waals surface area (Å²) >= 11 is 5.78. The van der Waals surface area contributed by atoms with E-state index < -0.39 is 0 Å². The van der Waals surface area contributed by atoms with Gasteiger partial charge in [-0.15, -0.1) is 11.6 Å². The fourth-order valence-corrected chi connectivity index (χ4v) is 2.37. The molecule has 2 aromatic rings. The molecule has 0 unspecified atom stereocenters. The maximum absolute atomic E-state index is 12.2. The summed E-state index contributed by atoms with van der Waals surface area (Å²) in [6.45, 7) is 0.606. The van der Waals surface area contributed by atoms with Crippen molar-refractivity contribution in [2.24, 2.45) is 0 Å². The summed E-state index contributed by atoms with van der Waals surface area (Å²) in [5.41, 5.74) is 2.41. The molecule has 0 atom stereocenters. The van der Waals surface area contributed by atoms with Gasteiger partial charge in [-0.3, -0.25) is 4.79 Å². The Morgan fingerprint density at radius 2 is 2.05 bits per heavy atom. The number of hydrogen-bond acceptors (Lipinski definition) is 3. The Morgan fingerprint density at radius 3 is 2.90 bits per heavy atom. The lowest BCUT2D eigenvalue weighted by molar-refractivity contribution is 0.0950. The Kier molecular flexibility index (Phi) is 3.97.